The number of nitrogens with zero attached hydrogens (tertiary/aromatic N) is 1. The average Bonchev–Trinajstić information content (AvgIpc) is 2.53. The molecule has 0 saturated heterocycles. The molecule has 1 N–H and O–H groups in total. The van der Waals surface area contributed by atoms with Crippen LogP contribution in [0.2, 0.25) is 0 Å². The summed E-state index contributed by atoms with van der Waals surface area (Å²) in [7, 11) is -6.81. The van der Waals surface area contributed by atoms with Gasteiger partial charge in [-0.15, -0.1) is 0 Å². The van der Waals surface area contributed by atoms with Gasteiger partial charge < -0.3 is 9.05 Å². The van der Waals surface area contributed by atoms with Gasteiger partial charge in [0.15, 0.2) is 5.28 Å². The minimum atomic E-state index is -4.01. The molecule has 0 saturated carbocycles. The Kier molecular flexibility index (Phi) is 6.76. The summed E-state index contributed by atoms with van der Waals surface area (Å²) < 4.78 is 50.4. The Morgan fingerprint density at radius 2 is 1.69 bits per heavy atom. The second-order valence-electron chi connectivity index (χ2n) is 6.69. The molecule has 1 aromatic rings. The summed E-state index contributed by atoms with van der Waals surface area (Å²) in [6.07, 6.45) is 0. The molecule has 148 valence electrons. The Bertz CT molecular complexity index is 802. The molecule has 0 radical (unpaired) electrons. The predicted octanol–water partition coefficient (Wildman–Crippen LogP) is 3.36. The molecule has 26 heavy (non-hydrogen) atoms. The van der Waals surface area contributed by atoms with Crippen molar-refractivity contribution in [1.29, 1.82) is 0 Å². The molecule has 0 amide bonds. The quantitative estimate of drug-likeness (QED) is 0.397. The molecule has 0 aromatic heterocycles. The minimum absolute atomic E-state index is 0.0188. The summed E-state index contributed by atoms with van der Waals surface area (Å²) in [6.45, 7) is 7.46. The van der Waals surface area contributed by atoms with Crippen LogP contribution in [-0.2, 0) is 28.9 Å². The van der Waals surface area contributed by atoms with E-state index in [9.17, 15) is 23.1 Å². The van der Waals surface area contributed by atoms with Crippen LogP contribution in [0, 0.1) is 10.1 Å². The zero-order valence-electron chi connectivity index (χ0n) is 15.7. The largest absolute Gasteiger partial charge is 0.355 e. The second kappa shape index (κ2) is 7.74. The van der Waals surface area contributed by atoms with Gasteiger partial charge in [0.25, 0.3) is 5.69 Å². The maximum atomic E-state index is 13.3. The monoisotopic (exact) mass is 408 g/mol. The Labute approximate surface area is 153 Å². The van der Waals surface area contributed by atoms with Gasteiger partial charge in [0.2, 0.25) is 10.0 Å². The van der Waals surface area contributed by atoms with Crippen molar-refractivity contribution in [3.63, 3.8) is 0 Å². The molecule has 11 heteroatoms. The normalized spacial score (nSPS) is 17.3. The highest BCUT2D eigenvalue weighted by Gasteiger charge is 2.52. The third-order valence-corrected chi connectivity index (χ3v) is 8.85. The first kappa shape index (κ1) is 22.7. The number of nitro benzene ring substituents is 1. The Hall–Kier alpha value is -1.32. The minimum Gasteiger partial charge on any atom is -0.310 e. The molecule has 0 spiro atoms. The van der Waals surface area contributed by atoms with Crippen LogP contribution < -0.4 is 4.72 Å². The Morgan fingerprint density at radius 1 is 1.19 bits per heavy atom. The van der Waals surface area contributed by atoms with Crippen molar-refractivity contribution >= 4 is 23.3 Å². The van der Waals surface area contributed by atoms with Crippen LogP contribution in [0.25, 0.3) is 0 Å². The van der Waals surface area contributed by atoms with Crippen LogP contribution in [0.3, 0.4) is 0 Å². The molecule has 0 aliphatic heterocycles. The average molecular weight is 408 g/mol. The van der Waals surface area contributed by atoms with E-state index >= 15 is 0 Å². The fraction of sp³-hybridized carbons (Fsp3) is 0.600. The van der Waals surface area contributed by atoms with Gasteiger partial charge in [0.1, 0.15) is 0 Å². The van der Waals surface area contributed by atoms with E-state index in [0.717, 1.165) is 7.11 Å². The molecule has 1 rings (SSSR count). The van der Waals surface area contributed by atoms with Crippen LogP contribution in [0.1, 0.15) is 40.2 Å². The SMILES string of the molecule is CCO[P@](=O)(OC)[C@@](C)(NS(=O)(=O)C(C)(C)C)c1ccc([N+](=O)[O-])cc1. The number of nitrogens with one attached hydrogen (secondary N) is 1. The van der Waals surface area contributed by atoms with Crippen LogP contribution >= 0.6 is 7.60 Å². The zero-order valence-corrected chi connectivity index (χ0v) is 17.4. The smallest absolute Gasteiger partial charge is 0.310 e. The Balaban J connectivity index is 3.62. The maximum absolute atomic E-state index is 13.3. The van der Waals surface area contributed by atoms with E-state index in [4.69, 9.17) is 9.05 Å². The highest BCUT2D eigenvalue weighted by molar-refractivity contribution is 7.91. The highest BCUT2D eigenvalue weighted by atomic mass is 32.2. The summed E-state index contributed by atoms with van der Waals surface area (Å²) in [4.78, 5) is 10.3. The lowest BCUT2D eigenvalue weighted by Gasteiger charge is -2.38. The third-order valence-electron chi connectivity index (χ3n) is 3.87. The summed E-state index contributed by atoms with van der Waals surface area (Å²) in [5, 5.41) is 9.09. The first-order valence-corrected chi connectivity index (χ1v) is 10.9. The van der Waals surface area contributed by atoms with E-state index in [0.29, 0.717) is 0 Å². The van der Waals surface area contributed by atoms with E-state index in [2.05, 4.69) is 4.72 Å². The van der Waals surface area contributed by atoms with E-state index in [-0.39, 0.29) is 17.9 Å². The molecule has 0 unspecified atom stereocenters. The van der Waals surface area contributed by atoms with Gasteiger partial charge in [-0.2, -0.15) is 4.72 Å². The van der Waals surface area contributed by atoms with Gasteiger partial charge >= 0.3 is 7.60 Å². The second-order valence-corrected chi connectivity index (χ2v) is 11.6. The fourth-order valence-electron chi connectivity index (χ4n) is 2.13. The summed E-state index contributed by atoms with van der Waals surface area (Å²) in [5.41, 5.74) is 0.0352. The zero-order chi connectivity index (χ0) is 20.4. The van der Waals surface area contributed by atoms with Gasteiger partial charge in [-0.25, -0.2) is 8.42 Å². The number of sulfonamides is 1. The van der Waals surface area contributed by atoms with Crippen LogP contribution in [0.4, 0.5) is 5.69 Å². The maximum Gasteiger partial charge on any atom is 0.355 e. The lowest BCUT2D eigenvalue weighted by molar-refractivity contribution is -0.384. The molecule has 0 fully saturated rings. The predicted molar refractivity (Wildman–Crippen MR) is 98.5 cm³/mol. The van der Waals surface area contributed by atoms with Gasteiger partial charge in [-0.3, -0.25) is 14.7 Å². The van der Waals surface area contributed by atoms with Crippen LogP contribution in [-0.4, -0.2) is 31.8 Å². The molecule has 9 nitrogen and oxygen atoms in total. The molecule has 0 bridgehead atoms. The highest BCUT2D eigenvalue weighted by Crippen LogP contribution is 2.63. The van der Waals surface area contributed by atoms with Crippen molar-refractivity contribution in [2.45, 2.75) is 44.6 Å². The lowest BCUT2D eigenvalue weighted by Crippen LogP contribution is -2.50. The van der Waals surface area contributed by atoms with E-state index in [1.807, 2.05) is 0 Å². The summed E-state index contributed by atoms with van der Waals surface area (Å²) >= 11 is 0. The number of non-ortho nitro benzene ring substituents is 1. The molecular formula is C15H25N2O7PS. The number of rotatable bonds is 8. The number of hydrogen-bond donors (Lipinski definition) is 1. The molecule has 0 heterocycles. The van der Waals surface area contributed by atoms with E-state index < -0.39 is 32.6 Å². The molecule has 0 aliphatic carbocycles. The standard InChI is InChI=1S/C15H25N2O7PS/c1-7-24-25(20,23-6)15(5,16-26(21,22)14(2,3)4)12-8-10-13(11-9-12)17(18)19/h8-11,16H,7H2,1-6H3/t15-,25-/m1/s1. The van der Waals surface area contributed by atoms with Gasteiger partial charge in [-0.05, 0) is 52.3 Å². The van der Waals surface area contributed by atoms with Crippen molar-refractivity contribution in [1.82, 2.24) is 4.72 Å². The Morgan fingerprint density at radius 3 is 2.04 bits per heavy atom. The fourth-order valence-corrected chi connectivity index (χ4v) is 5.42. The third kappa shape index (κ3) is 4.32. The van der Waals surface area contributed by atoms with Crippen molar-refractivity contribution < 1.29 is 27.0 Å². The first-order valence-electron chi connectivity index (χ1n) is 7.83. The van der Waals surface area contributed by atoms with E-state index in [1.165, 1.54) is 52.0 Å². The topological polar surface area (TPSA) is 125 Å². The number of hydrogen-bond acceptors (Lipinski definition) is 7. The molecule has 2 atom stereocenters. The number of nitro groups is 1. The first-order chi connectivity index (χ1) is 11.7. The summed E-state index contributed by atoms with van der Waals surface area (Å²) in [6, 6.07) is 5.05. The van der Waals surface area contributed by atoms with Crippen molar-refractivity contribution in [2.75, 3.05) is 13.7 Å². The van der Waals surface area contributed by atoms with Crippen molar-refractivity contribution in [3.05, 3.63) is 39.9 Å². The molecule has 1 aromatic carbocycles. The van der Waals surface area contributed by atoms with Gasteiger partial charge in [0, 0.05) is 19.2 Å². The van der Waals surface area contributed by atoms with Gasteiger partial charge in [-0.1, -0.05) is 0 Å². The van der Waals surface area contributed by atoms with Crippen molar-refractivity contribution in [3.8, 4) is 0 Å². The summed E-state index contributed by atoms with van der Waals surface area (Å²) in [5.74, 6) is 0. The molecular weight excluding hydrogens is 383 g/mol. The lowest BCUT2D eigenvalue weighted by atomic mass is 10.1. The van der Waals surface area contributed by atoms with Crippen LogP contribution in [0.5, 0.6) is 0 Å². The molecule has 0 aliphatic rings. The number of benzene rings is 1. The van der Waals surface area contributed by atoms with Crippen molar-refractivity contribution in [2.24, 2.45) is 0 Å². The van der Waals surface area contributed by atoms with Crippen LogP contribution in [0.15, 0.2) is 24.3 Å². The van der Waals surface area contributed by atoms with Gasteiger partial charge in [0.05, 0.1) is 16.3 Å². The van der Waals surface area contributed by atoms with E-state index in [1.54, 1.807) is 6.92 Å².